The highest BCUT2D eigenvalue weighted by atomic mass is 16.5. The molecule has 0 aromatic carbocycles. The number of aliphatic hydroxyl groups excluding tert-OH is 1. The van der Waals surface area contributed by atoms with E-state index in [-0.39, 0.29) is 18.1 Å². The van der Waals surface area contributed by atoms with Crippen molar-refractivity contribution in [3.8, 4) is 0 Å². The Morgan fingerprint density at radius 2 is 1.81 bits per heavy atom. The molecule has 1 unspecified atom stereocenters. The fraction of sp³-hybridized carbons (Fsp3) is 0.706. The number of nitrogens with one attached hydrogen (secondary N) is 1. The number of aliphatic carboxylic acids is 2. The molecule has 0 amide bonds. The quantitative estimate of drug-likeness (QED) is 0.400. The number of carboxylic acids is 2. The SMILES string of the molecule is CC(=O)O.CC(=O)O.COC(=O)[C@@H]1CCCN1C/C=C1\CNCCC1O. The van der Waals surface area contributed by atoms with Gasteiger partial charge in [-0.05, 0) is 37.9 Å². The minimum atomic E-state index is -0.833. The van der Waals surface area contributed by atoms with E-state index in [0.29, 0.717) is 6.54 Å². The molecule has 26 heavy (non-hydrogen) atoms. The first-order chi connectivity index (χ1) is 12.2. The first kappa shape index (κ1) is 24.0. The van der Waals surface area contributed by atoms with E-state index in [1.165, 1.54) is 7.11 Å². The van der Waals surface area contributed by atoms with Gasteiger partial charge in [-0.2, -0.15) is 0 Å². The van der Waals surface area contributed by atoms with Crippen LogP contribution in [0.15, 0.2) is 11.6 Å². The average molecular weight is 374 g/mol. The third-order valence-corrected chi connectivity index (χ3v) is 3.78. The molecule has 0 aliphatic carbocycles. The molecule has 2 aliphatic heterocycles. The molecule has 0 aromatic heterocycles. The summed E-state index contributed by atoms with van der Waals surface area (Å²) in [7, 11) is 1.44. The number of rotatable bonds is 3. The normalized spacial score (nSPS) is 23.9. The lowest BCUT2D eigenvalue weighted by Crippen LogP contribution is -2.38. The lowest BCUT2D eigenvalue weighted by atomic mass is 10.0. The predicted molar refractivity (Wildman–Crippen MR) is 94.8 cm³/mol. The van der Waals surface area contributed by atoms with Gasteiger partial charge in [0.05, 0.1) is 13.2 Å². The lowest BCUT2D eigenvalue weighted by molar-refractivity contribution is -0.145. The summed E-state index contributed by atoms with van der Waals surface area (Å²) in [5.74, 6) is -1.81. The predicted octanol–water partition coefficient (Wildman–Crippen LogP) is 0.0862. The molecule has 0 radical (unpaired) electrons. The largest absolute Gasteiger partial charge is 0.481 e. The van der Waals surface area contributed by atoms with E-state index in [9.17, 15) is 9.90 Å². The van der Waals surface area contributed by atoms with Gasteiger partial charge in [0.25, 0.3) is 11.9 Å². The Bertz CT molecular complexity index is 474. The van der Waals surface area contributed by atoms with E-state index in [4.69, 9.17) is 24.5 Å². The molecule has 0 bridgehead atoms. The van der Waals surface area contributed by atoms with Gasteiger partial charge < -0.3 is 25.4 Å². The van der Waals surface area contributed by atoms with Crippen LogP contribution in [0.5, 0.6) is 0 Å². The van der Waals surface area contributed by atoms with E-state index in [1.54, 1.807) is 0 Å². The second-order valence-electron chi connectivity index (χ2n) is 5.97. The van der Waals surface area contributed by atoms with Crippen molar-refractivity contribution in [2.45, 2.75) is 45.3 Å². The van der Waals surface area contributed by atoms with Crippen LogP contribution in [0.1, 0.15) is 33.1 Å². The standard InChI is InChI=1S/C13H22N2O3.2C2H4O2/c1-18-13(17)11-3-2-7-15(11)8-5-10-9-14-6-4-12(10)16;2*1-2(3)4/h5,11-12,14,16H,2-4,6-9H2,1H3;2*1H3,(H,3,4)/b10-5+;;/t11-,12?;;/m0../s1. The molecule has 2 rings (SSSR count). The van der Waals surface area contributed by atoms with E-state index in [2.05, 4.69) is 16.3 Å². The van der Waals surface area contributed by atoms with Crippen LogP contribution < -0.4 is 5.32 Å². The van der Waals surface area contributed by atoms with Crippen molar-refractivity contribution in [1.29, 1.82) is 0 Å². The first-order valence-electron chi connectivity index (χ1n) is 8.47. The number of nitrogens with zero attached hydrogens (tertiary/aromatic N) is 1. The van der Waals surface area contributed by atoms with E-state index in [0.717, 1.165) is 58.3 Å². The number of esters is 1. The topological polar surface area (TPSA) is 136 Å². The third-order valence-electron chi connectivity index (χ3n) is 3.78. The summed E-state index contributed by atoms with van der Waals surface area (Å²) in [5, 5.41) is 27.9. The van der Waals surface area contributed by atoms with Gasteiger partial charge in [0.2, 0.25) is 0 Å². The Morgan fingerprint density at radius 3 is 2.31 bits per heavy atom. The summed E-state index contributed by atoms with van der Waals surface area (Å²) in [6.07, 6.45) is 4.40. The highest BCUT2D eigenvalue weighted by Gasteiger charge is 2.30. The van der Waals surface area contributed by atoms with Gasteiger partial charge >= 0.3 is 5.97 Å². The molecule has 0 aromatic rings. The Kier molecular flexibility index (Phi) is 12.3. The van der Waals surface area contributed by atoms with Crippen molar-refractivity contribution in [1.82, 2.24) is 10.2 Å². The van der Waals surface area contributed by atoms with Crippen LogP contribution in [0.4, 0.5) is 0 Å². The minimum absolute atomic E-state index is 0.111. The van der Waals surface area contributed by atoms with Crippen LogP contribution in [0.25, 0.3) is 0 Å². The van der Waals surface area contributed by atoms with Gasteiger partial charge in [0.1, 0.15) is 6.04 Å². The van der Waals surface area contributed by atoms with Gasteiger partial charge in [-0.25, -0.2) is 0 Å². The Labute approximate surface area is 153 Å². The van der Waals surface area contributed by atoms with Crippen LogP contribution in [-0.4, -0.2) is 83.6 Å². The fourth-order valence-corrected chi connectivity index (χ4v) is 2.67. The molecule has 2 heterocycles. The number of carboxylic acid groups (broad SMARTS) is 2. The molecule has 0 saturated carbocycles. The molecular formula is C17H30N2O7. The van der Waals surface area contributed by atoms with Crippen molar-refractivity contribution in [2.24, 2.45) is 0 Å². The van der Waals surface area contributed by atoms with Crippen LogP contribution in [-0.2, 0) is 19.1 Å². The number of likely N-dealkylation sites (tertiary alicyclic amines) is 1. The van der Waals surface area contributed by atoms with Crippen molar-refractivity contribution < 1.29 is 34.4 Å². The minimum Gasteiger partial charge on any atom is -0.481 e. The summed E-state index contributed by atoms with van der Waals surface area (Å²) in [6.45, 7) is 5.42. The molecule has 2 atom stereocenters. The van der Waals surface area contributed by atoms with Gasteiger partial charge in [0, 0.05) is 26.9 Å². The number of carbonyl (C=O) groups excluding carboxylic acids is 1. The lowest BCUT2D eigenvalue weighted by Gasteiger charge is -2.24. The number of methoxy groups -OCH3 is 1. The van der Waals surface area contributed by atoms with Crippen molar-refractivity contribution in [2.75, 3.05) is 33.3 Å². The monoisotopic (exact) mass is 374 g/mol. The molecule has 9 nitrogen and oxygen atoms in total. The number of aliphatic hydroxyl groups is 1. The van der Waals surface area contributed by atoms with Crippen molar-refractivity contribution in [3.63, 3.8) is 0 Å². The molecule has 9 heteroatoms. The average Bonchev–Trinajstić information content (AvgIpc) is 3.01. The molecule has 2 fully saturated rings. The Morgan fingerprint density at radius 1 is 1.23 bits per heavy atom. The number of carbonyl (C=O) groups is 3. The molecular weight excluding hydrogens is 344 g/mol. The van der Waals surface area contributed by atoms with Gasteiger partial charge in [-0.3, -0.25) is 19.3 Å². The maximum absolute atomic E-state index is 11.6. The fourth-order valence-electron chi connectivity index (χ4n) is 2.67. The van der Waals surface area contributed by atoms with E-state index in [1.807, 2.05) is 0 Å². The highest BCUT2D eigenvalue weighted by molar-refractivity contribution is 5.76. The Hall–Kier alpha value is -1.97. The Balaban J connectivity index is 0.000000662. The number of hydrogen-bond acceptors (Lipinski definition) is 7. The smallest absolute Gasteiger partial charge is 0.323 e. The second kappa shape index (κ2) is 13.3. The number of piperidine rings is 1. The summed E-state index contributed by atoms with van der Waals surface area (Å²) >= 11 is 0. The summed E-state index contributed by atoms with van der Waals surface area (Å²) in [6, 6.07) is -0.111. The number of ether oxygens (including phenoxy) is 1. The molecule has 2 saturated heterocycles. The van der Waals surface area contributed by atoms with Crippen LogP contribution >= 0.6 is 0 Å². The summed E-state index contributed by atoms with van der Waals surface area (Å²) in [4.78, 5) is 31.7. The van der Waals surface area contributed by atoms with Gasteiger partial charge in [-0.1, -0.05) is 6.08 Å². The maximum Gasteiger partial charge on any atom is 0.323 e. The molecule has 4 N–H and O–H groups in total. The molecule has 150 valence electrons. The van der Waals surface area contributed by atoms with Crippen LogP contribution in [0.2, 0.25) is 0 Å². The maximum atomic E-state index is 11.6. The van der Waals surface area contributed by atoms with Crippen LogP contribution in [0, 0.1) is 0 Å². The summed E-state index contributed by atoms with van der Waals surface area (Å²) < 4.78 is 4.81. The van der Waals surface area contributed by atoms with Gasteiger partial charge in [0.15, 0.2) is 0 Å². The zero-order valence-corrected chi connectivity index (χ0v) is 15.6. The van der Waals surface area contributed by atoms with E-state index < -0.39 is 11.9 Å². The van der Waals surface area contributed by atoms with E-state index >= 15 is 0 Å². The zero-order chi connectivity index (χ0) is 20.1. The summed E-state index contributed by atoms with van der Waals surface area (Å²) in [5.41, 5.74) is 1.04. The molecule has 2 aliphatic rings. The van der Waals surface area contributed by atoms with Crippen molar-refractivity contribution in [3.05, 3.63) is 11.6 Å². The third kappa shape index (κ3) is 10.8. The zero-order valence-electron chi connectivity index (χ0n) is 15.6. The number of hydrogen-bond donors (Lipinski definition) is 4. The van der Waals surface area contributed by atoms with Crippen LogP contribution in [0.3, 0.4) is 0 Å². The van der Waals surface area contributed by atoms with Crippen molar-refractivity contribution >= 4 is 17.9 Å². The van der Waals surface area contributed by atoms with Gasteiger partial charge in [-0.15, -0.1) is 0 Å². The second-order valence-corrected chi connectivity index (χ2v) is 5.97. The molecule has 0 spiro atoms. The highest BCUT2D eigenvalue weighted by Crippen LogP contribution is 2.19. The first-order valence-corrected chi connectivity index (χ1v) is 8.47.